The van der Waals surface area contributed by atoms with Crippen molar-refractivity contribution in [1.82, 2.24) is 10.3 Å². The molecule has 1 saturated carbocycles. The van der Waals surface area contributed by atoms with Crippen LogP contribution in [-0.2, 0) is 0 Å². The summed E-state index contributed by atoms with van der Waals surface area (Å²) in [4.78, 5) is 27.4. The molecule has 1 fully saturated rings. The summed E-state index contributed by atoms with van der Waals surface area (Å²) in [5.41, 5.74) is 0.632. The lowest BCUT2D eigenvalue weighted by molar-refractivity contribution is 0.0696. The second-order valence-electron chi connectivity index (χ2n) is 5.04. The van der Waals surface area contributed by atoms with Crippen molar-refractivity contribution in [3.8, 4) is 0 Å². The van der Waals surface area contributed by atoms with E-state index in [0.717, 1.165) is 17.8 Å². The van der Waals surface area contributed by atoms with E-state index in [1.807, 2.05) is 5.38 Å². The number of amides is 1. The first-order valence-corrected chi connectivity index (χ1v) is 7.57. The van der Waals surface area contributed by atoms with Crippen LogP contribution in [0.25, 0.3) is 0 Å². The van der Waals surface area contributed by atoms with Crippen molar-refractivity contribution >= 4 is 23.2 Å². The number of aromatic carboxylic acids is 1. The van der Waals surface area contributed by atoms with E-state index in [4.69, 9.17) is 5.11 Å². The van der Waals surface area contributed by atoms with E-state index in [9.17, 15) is 9.59 Å². The Morgan fingerprint density at radius 1 is 1.24 bits per heavy atom. The lowest BCUT2D eigenvalue weighted by atomic mass is 10.1. The maximum absolute atomic E-state index is 12.3. The Morgan fingerprint density at radius 3 is 2.43 bits per heavy atom. The standard InChI is InChI=1S/C15H14N2O3S/c18-13(10-3-5-11(6-4-10)15(19)20)17-12(9-1-2-9)14-16-7-8-21-14/h3-9,12H,1-2H2,(H,17,18)(H,19,20)/t12-/m1/s1. The van der Waals surface area contributed by atoms with E-state index in [2.05, 4.69) is 10.3 Å². The molecule has 2 N–H and O–H groups in total. The van der Waals surface area contributed by atoms with Gasteiger partial charge >= 0.3 is 5.97 Å². The highest BCUT2D eigenvalue weighted by Gasteiger charge is 2.35. The third-order valence-corrected chi connectivity index (χ3v) is 4.35. The number of carboxylic acids is 1. The highest BCUT2D eigenvalue weighted by molar-refractivity contribution is 7.09. The van der Waals surface area contributed by atoms with Crippen LogP contribution in [0, 0.1) is 5.92 Å². The molecule has 2 aromatic rings. The fraction of sp³-hybridized carbons (Fsp3) is 0.267. The van der Waals surface area contributed by atoms with Gasteiger partial charge in [-0.15, -0.1) is 11.3 Å². The van der Waals surface area contributed by atoms with Crippen LogP contribution in [0.2, 0.25) is 0 Å². The van der Waals surface area contributed by atoms with Crippen LogP contribution in [0.15, 0.2) is 35.8 Å². The van der Waals surface area contributed by atoms with Crippen molar-refractivity contribution in [1.29, 1.82) is 0 Å². The molecule has 1 aliphatic rings. The zero-order valence-electron chi connectivity index (χ0n) is 11.2. The van der Waals surface area contributed by atoms with Gasteiger partial charge in [-0.1, -0.05) is 0 Å². The average Bonchev–Trinajstić information content (AvgIpc) is 3.19. The van der Waals surface area contributed by atoms with Gasteiger partial charge in [0, 0.05) is 17.1 Å². The second-order valence-corrected chi connectivity index (χ2v) is 5.97. The zero-order valence-corrected chi connectivity index (χ0v) is 12.0. The number of thiazole rings is 1. The van der Waals surface area contributed by atoms with Gasteiger partial charge in [0.15, 0.2) is 0 Å². The van der Waals surface area contributed by atoms with Crippen LogP contribution in [0.3, 0.4) is 0 Å². The summed E-state index contributed by atoms with van der Waals surface area (Å²) in [5, 5.41) is 14.7. The van der Waals surface area contributed by atoms with Gasteiger partial charge in [0.05, 0.1) is 11.6 Å². The summed E-state index contributed by atoms with van der Waals surface area (Å²) in [6, 6.07) is 5.89. The molecular formula is C15H14N2O3S. The highest BCUT2D eigenvalue weighted by atomic mass is 32.1. The van der Waals surface area contributed by atoms with Crippen molar-refractivity contribution in [2.24, 2.45) is 5.92 Å². The van der Waals surface area contributed by atoms with Crippen molar-refractivity contribution in [2.75, 3.05) is 0 Å². The van der Waals surface area contributed by atoms with Gasteiger partial charge in [-0.25, -0.2) is 9.78 Å². The molecule has 3 rings (SSSR count). The van der Waals surface area contributed by atoms with E-state index in [1.165, 1.54) is 35.6 Å². The summed E-state index contributed by atoms with van der Waals surface area (Å²) in [6.45, 7) is 0. The number of hydrogen-bond acceptors (Lipinski definition) is 4. The molecule has 1 amide bonds. The third-order valence-electron chi connectivity index (χ3n) is 3.49. The fourth-order valence-corrected chi connectivity index (χ4v) is 2.97. The molecule has 5 nitrogen and oxygen atoms in total. The molecule has 108 valence electrons. The number of carboxylic acid groups (broad SMARTS) is 1. The van der Waals surface area contributed by atoms with Gasteiger partial charge in [-0.3, -0.25) is 4.79 Å². The van der Waals surface area contributed by atoms with Crippen molar-refractivity contribution in [3.63, 3.8) is 0 Å². The molecule has 1 atom stereocenters. The Balaban J connectivity index is 1.74. The normalized spacial score (nSPS) is 15.4. The maximum atomic E-state index is 12.3. The highest BCUT2D eigenvalue weighted by Crippen LogP contribution is 2.41. The Labute approximate surface area is 125 Å². The van der Waals surface area contributed by atoms with E-state index in [-0.39, 0.29) is 17.5 Å². The zero-order chi connectivity index (χ0) is 14.8. The summed E-state index contributed by atoms with van der Waals surface area (Å²) < 4.78 is 0. The van der Waals surface area contributed by atoms with E-state index < -0.39 is 5.97 Å². The van der Waals surface area contributed by atoms with Gasteiger partial charge < -0.3 is 10.4 Å². The fourth-order valence-electron chi connectivity index (χ4n) is 2.19. The van der Waals surface area contributed by atoms with Gasteiger partial charge in [0.2, 0.25) is 0 Å². The molecule has 1 heterocycles. The molecule has 6 heteroatoms. The number of rotatable bonds is 5. The van der Waals surface area contributed by atoms with Gasteiger partial charge in [0.1, 0.15) is 5.01 Å². The number of carbonyl (C=O) groups excluding carboxylic acids is 1. The van der Waals surface area contributed by atoms with Crippen molar-refractivity contribution < 1.29 is 14.7 Å². The van der Waals surface area contributed by atoms with E-state index in [1.54, 1.807) is 6.20 Å². The number of nitrogens with zero attached hydrogens (tertiary/aromatic N) is 1. The lowest BCUT2D eigenvalue weighted by Crippen LogP contribution is -2.29. The van der Waals surface area contributed by atoms with Crippen molar-refractivity contribution in [3.05, 3.63) is 52.0 Å². The van der Waals surface area contributed by atoms with E-state index in [0.29, 0.717) is 11.5 Å². The van der Waals surface area contributed by atoms with Crippen LogP contribution in [0.5, 0.6) is 0 Å². The predicted molar refractivity (Wildman–Crippen MR) is 78.4 cm³/mol. The monoisotopic (exact) mass is 302 g/mol. The molecule has 0 unspecified atom stereocenters. The molecule has 1 aromatic heterocycles. The molecular weight excluding hydrogens is 288 g/mol. The van der Waals surface area contributed by atoms with E-state index >= 15 is 0 Å². The summed E-state index contributed by atoms with van der Waals surface area (Å²) in [7, 11) is 0. The Hall–Kier alpha value is -2.21. The minimum absolute atomic E-state index is 0.0448. The van der Waals surface area contributed by atoms with Crippen LogP contribution >= 0.6 is 11.3 Å². The number of aromatic nitrogens is 1. The van der Waals surface area contributed by atoms with Crippen LogP contribution < -0.4 is 5.32 Å². The molecule has 0 aliphatic heterocycles. The number of nitrogens with one attached hydrogen (secondary N) is 1. The first-order valence-electron chi connectivity index (χ1n) is 6.69. The van der Waals surface area contributed by atoms with Gasteiger partial charge in [0.25, 0.3) is 5.91 Å². The second kappa shape index (κ2) is 5.65. The van der Waals surface area contributed by atoms with Crippen LogP contribution in [-0.4, -0.2) is 22.0 Å². The topological polar surface area (TPSA) is 79.3 Å². The van der Waals surface area contributed by atoms with Gasteiger partial charge in [-0.2, -0.15) is 0 Å². The minimum Gasteiger partial charge on any atom is -0.478 e. The minimum atomic E-state index is -0.999. The smallest absolute Gasteiger partial charge is 0.335 e. The first-order chi connectivity index (χ1) is 10.1. The van der Waals surface area contributed by atoms with Crippen LogP contribution in [0.4, 0.5) is 0 Å². The first kappa shape index (κ1) is 13.8. The Kier molecular flexibility index (Phi) is 3.70. The molecule has 21 heavy (non-hydrogen) atoms. The number of benzene rings is 1. The number of hydrogen-bond donors (Lipinski definition) is 2. The number of carbonyl (C=O) groups is 2. The quantitative estimate of drug-likeness (QED) is 0.890. The Morgan fingerprint density at radius 2 is 1.90 bits per heavy atom. The van der Waals surface area contributed by atoms with Crippen molar-refractivity contribution in [2.45, 2.75) is 18.9 Å². The molecule has 0 radical (unpaired) electrons. The maximum Gasteiger partial charge on any atom is 0.335 e. The summed E-state index contributed by atoms with van der Waals surface area (Å²) in [5.74, 6) is -0.738. The Bertz CT molecular complexity index is 648. The third kappa shape index (κ3) is 3.11. The molecule has 1 aromatic carbocycles. The molecule has 1 aliphatic carbocycles. The predicted octanol–water partition coefficient (Wildman–Crippen LogP) is 2.72. The molecule has 0 saturated heterocycles. The van der Waals surface area contributed by atoms with Crippen LogP contribution in [0.1, 0.15) is 44.6 Å². The summed E-state index contributed by atoms with van der Waals surface area (Å²) >= 11 is 1.54. The van der Waals surface area contributed by atoms with Gasteiger partial charge in [-0.05, 0) is 43.0 Å². The SMILES string of the molecule is O=C(O)c1ccc(C(=O)N[C@@H](c2nccs2)C2CC2)cc1. The largest absolute Gasteiger partial charge is 0.478 e. The molecule has 0 bridgehead atoms. The average molecular weight is 302 g/mol. The summed E-state index contributed by atoms with van der Waals surface area (Å²) in [6.07, 6.45) is 3.94. The lowest BCUT2D eigenvalue weighted by Gasteiger charge is -2.15. The molecule has 0 spiro atoms.